The summed E-state index contributed by atoms with van der Waals surface area (Å²) in [5, 5.41) is 14.7. The van der Waals surface area contributed by atoms with E-state index in [0.717, 1.165) is 17.5 Å². The summed E-state index contributed by atoms with van der Waals surface area (Å²) < 4.78 is 0.864. The zero-order valence-corrected chi connectivity index (χ0v) is 12.0. The second-order valence-electron chi connectivity index (χ2n) is 5.25. The minimum Gasteiger partial charge on any atom is -0.377 e. The SMILES string of the molecule is O=[N+]([O-])c1c(NC2CCCCCC2)ccc2scnc12. The molecule has 3 rings (SSSR count). The predicted molar refractivity (Wildman–Crippen MR) is 81.4 cm³/mol. The number of anilines is 1. The molecule has 0 aliphatic heterocycles. The van der Waals surface area contributed by atoms with Gasteiger partial charge in [0.1, 0.15) is 5.69 Å². The standard InChI is InChI=1S/C14H17N3O2S/c18-17(19)14-11(7-8-12-13(14)15-9-20-12)16-10-5-3-1-2-4-6-10/h7-10,16H,1-6H2. The van der Waals surface area contributed by atoms with Crippen LogP contribution in [0.2, 0.25) is 0 Å². The molecule has 0 unspecified atom stereocenters. The Morgan fingerprint density at radius 1 is 1.25 bits per heavy atom. The van der Waals surface area contributed by atoms with Crippen LogP contribution in [-0.4, -0.2) is 15.9 Å². The molecule has 0 saturated heterocycles. The molecule has 0 atom stereocenters. The lowest BCUT2D eigenvalue weighted by Gasteiger charge is -2.17. The highest BCUT2D eigenvalue weighted by Crippen LogP contribution is 2.35. The number of nitrogens with one attached hydrogen (secondary N) is 1. The van der Waals surface area contributed by atoms with Gasteiger partial charge in [0.05, 0.1) is 15.1 Å². The Morgan fingerprint density at radius 2 is 2.00 bits per heavy atom. The Labute approximate surface area is 121 Å². The van der Waals surface area contributed by atoms with Crippen molar-refractivity contribution in [2.45, 2.75) is 44.6 Å². The highest BCUT2D eigenvalue weighted by Gasteiger charge is 2.23. The van der Waals surface area contributed by atoms with E-state index in [0.29, 0.717) is 17.2 Å². The van der Waals surface area contributed by atoms with Crippen LogP contribution >= 0.6 is 11.3 Å². The van der Waals surface area contributed by atoms with Crippen LogP contribution in [0.25, 0.3) is 10.2 Å². The van der Waals surface area contributed by atoms with Crippen molar-refractivity contribution in [3.05, 3.63) is 27.8 Å². The highest BCUT2D eigenvalue weighted by atomic mass is 32.1. The molecule has 106 valence electrons. The fraction of sp³-hybridized carbons (Fsp3) is 0.500. The predicted octanol–water partition coefficient (Wildman–Crippen LogP) is 4.34. The van der Waals surface area contributed by atoms with Crippen LogP contribution in [0, 0.1) is 10.1 Å². The number of nitro benzene ring substituents is 1. The largest absolute Gasteiger partial charge is 0.377 e. The molecule has 1 aromatic carbocycles. The molecule has 20 heavy (non-hydrogen) atoms. The van der Waals surface area contributed by atoms with Gasteiger partial charge in [-0.15, -0.1) is 11.3 Å². The molecule has 1 saturated carbocycles. The highest BCUT2D eigenvalue weighted by molar-refractivity contribution is 7.16. The van der Waals surface area contributed by atoms with Gasteiger partial charge in [0.2, 0.25) is 0 Å². The van der Waals surface area contributed by atoms with Gasteiger partial charge < -0.3 is 5.32 Å². The first-order valence-corrected chi connectivity index (χ1v) is 7.91. The maximum Gasteiger partial charge on any atom is 0.319 e. The third-order valence-electron chi connectivity index (χ3n) is 3.87. The molecule has 1 heterocycles. The molecular weight excluding hydrogens is 274 g/mol. The number of nitro groups is 1. The molecule has 0 amide bonds. The summed E-state index contributed by atoms with van der Waals surface area (Å²) >= 11 is 1.43. The van der Waals surface area contributed by atoms with Crippen molar-refractivity contribution in [3.63, 3.8) is 0 Å². The summed E-state index contributed by atoms with van der Waals surface area (Å²) in [6.45, 7) is 0. The van der Waals surface area contributed by atoms with Crippen molar-refractivity contribution in [2.75, 3.05) is 5.32 Å². The first kappa shape index (κ1) is 13.3. The number of thiazole rings is 1. The normalized spacial score (nSPS) is 17.0. The molecule has 0 bridgehead atoms. The number of benzene rings is 1. The van der Waals surface area contributed by atoms with Crippen LogP contribution < -0.4 is 5.32 Å². The Bertz CT molecular complexity index is 618. The average molecular weight is 291 g/mol. The summed E-state index contributed by atoms with van der Waals surface area (Å²) in [6, 6.07) is 4.08. The van der Waals surface area contributed by atoms with Gasteiger partial charge in [0.25, 0.3) is 0 Å². The van der Waals surface area contributed by atoms with Gasteiger partial charge in [-0.05, 0) is 25.0 Å². The van der Waals surface area contributed by atoms with Crippen molar-refractivity contribution < 1.29 is 4.92 Å². The van der Waals surface area contributed by atoms with Gasteiger partial charge in [-0.1, -0.05) is 25.7 Å². The number of rotatable bonds is 3. The van der Waals surface area contributed by atoms with E-state index in [1.807, 2.05) is 12.1 Å². The lowest BCUT2D eigenvalue weighted by molar-refractivity contribution is -0.382. The number of fused-ring (bicyclic) bond motifs is 1. The summed E-state index contributed by atoms with van der Waals surface area (Å²) in [5.41, 5.74) is 2.89. The fourth-order valence-corrected chi connectivity index (χ4v) is 3.54. The van der Waals surface area contributed by atoms with Gasteiger partial charge in [0.15, 0.2) is 5.52 Å². The molecule has 1 aromatic heterocycles. The molecule has 0 spiro atoms. The summed E-state index contributed by atoms with van der Waals surface area (Å²) in [5.74, 6) is 0. The first-order valence-electron chi connectivity index (χ1n) is 7.03. The quantitative estimate of drug-likeness (QED) is 0.519. The van der Waals surface area contributed by atoms with Gasteiger partial charge in [0, 0.05) is 6.04 Å². The summed E-state index contributed by atoms with van der Waals surface area (Å²) in [6.07, 6.45) is 7.12. The van der Waals surface area contributed by atoms with Crippen molar-refractivity contribution in [1.82, 2.24) is 4.98 Å². The van der Waals surface area contributed by atoms with Gasteiger partial charge in [-0.25, -0.2) is 4.98 Å². The van der Waals surface area contributed by atoms with E-state index in [4.69, 9.17) is 0 Å². The van der Waals surface area contributed by atoms with Crippen LogP contribution in [0.5, 0.6) is 0 Å². The lowest BCUT2D eigenvalue weighted by Crippen LogP contribution is -2.19. The third-order valence-corrected chi connectivity index (χ3v) is 4.67. The van der Waals surface area contributed by atoms with E-state index in [2.05, 4.69) is 10.3 Å². The van der Waals surface area contributed by atoms with E-state index in [-0.39, 0.29) is 10.6 Å². The second kappa shape index (κ2) is 5.75. The van der Waals surface area contributed by atoms with Gasteiger partial charge in [-0.2, -0.15) is 0 Å². The molecule has 1 aliphatic carbocycles. The van der Waals surface area contributed by atoms with Crippen molar-refractivity contribution >= 4 is 32.9 Å². The molecule has 1 N–H and O–H groups in total. The molecule has 1 aliphatic rings. The van der Waals surface area contributed by atoms with Crippen molar-refractivity contribution in [2.24, 2.45) is 0 Å². The van der Waals surface area contributed by atoms with Crippen LogP contribution in [-0.2, 0) is 0 Å². The number of hydrogen-bond donors (Lipinski definition) is 1. The number of nitrogens with zero attached hydrogens (tertiary/aromatic N) is 2. The molecule has 6 heteroatoms. The fourth-order valence-electron chi connectivity index (χ4n) is 2.86. The maximum atomic E-state index is 11.4. The zero-order chi connectivity index (χ0) is 13.9. The smallest absolute Gasteiger partial charge is 0.319 e. The molecular formula is C14H17N3O2S. The van der Waals surface area contributed by atoms with Crippen LogP contribution in [0.3, 0.4) is 0 Å². The average Bonchev–Trinajstić information content (AvgIpc) is 2.75. The summed E-state index contributed by atoms with van der Waals surface area (Å²) in [7, 11) is 0. The maximum absolute atomic E-state index is 11.4. The first-order chi connectivity index (χ1) is 9.75. The Kier molecular flexibility index (Phi) is 3.82. The van der Waals surface area contributed by atoms with Gasteiger partial charge in [-0.3, -0.25) is 10.1 Å². The Balaban J connectivity index is 1.93. The van der Waals surface area contributed by atoms with Crippen molar-refractivity contribution in [1.29, 1.82) is 0 Å². The van der Waals surface area contributed by atoms with Crippen molar-refractivity contribution in [3.8, 4) is 0 Å². The van der Waals surface area contributed by atoms with Crippen LogP contribution in [0.1, 0.15) is 38.5 Å². The van der Waals surface area contributed by atoms with E-state index in [1.54, 1.807) is 5.51 Å². The number of hydrogen-bond acceptors (Lipinski definition) is 5. The van der Waals surface area contributed by atoms with Crippen LogP contribution in [0.15, 0.2) is 17.6 Å². The second-order valence-corrected chi connectivity index (χ2v) is 6.14. The third kappa shape index (κ3) is 2.60. The molecule has 5 nitrogen and oxygen atoms in total. The summed E-state index contributed by atoms with van der Waals surface area (Å²) in [4.78, 5) is 15.2. The monoisotopic (exact) mass is 291 g/mol. The number of aromatic nitrogens is 1. The Morgan fingerprint density at radius 3 is 2.70 bits per heavy atom. The van der Waals surface area contributed by atoms with E-state index in [1.165, 1.54) is 37.0 Å². The minimum absolute atomic E-state index is 0.119. The molecule has 0 radical (unpaired) electrons. The molecule has 2 aromatic rings. The topological polar surface area (TPSA) is 68.1 Å². The van der Waals surface area contributed by atoms with E-state index < -0.39 is 0 Å². The van der Waals surface area contributed by atoms with Crippen LogP contribution in [0.4, 0.5) is 11.4 Å². The van der Waals surface area contributed by atoms with Gasteiger partial charge >= 0.3 is 5.69 Å². The zero-order valence-electron chi connectivity index (χ0n) is 11.2. The van der Waals surface area contributed by atoms with E-state index in [9.17, 15) is 10.1 Å². The lowest BCUT2D eigenvalue weighted by atomic mass is 10.1. The molecule has 1 fully saturated rings. The van der Waals surface area contributed by atoms with E-state index >= 15 is 0 Å². The minimum atomic E-state index is -0.318. The Hall–Kier alpha value is -1.69.